The molecule has 4 heterocycles. The van der Waals surface area contributed by atoms with Crippen molar-refractivity contribution < 1.29 is 18.8 Å². The Kier molecular flexibility index (Phi) is 3.76. The minimum absolute atomic E-state index is 0.245. The van der Waals surface area contributed by atoms with Gasteiger partial charge in [-0.15, -0.1) is 0 Å². The van der Waals surface area contributed by atoms with Crippen LogP contribution >= 0.6 is 11.6 Å². The Morgan fingerprint density at radius 1 is 1.16 bits per heavy atom. The summed E-state index contributed by atoms with van der Waals surface area (Å²) in [6.45, 7) is 2.34. The molecular formula is C23H19ClFN3O3. The first-order valence-corrected chi connectivity index (χ1v) is 10.8. The molecule has 3 saturated heterocycles. The number of imide groups is 1. The largest absolute Gasteiger partial charge is 0.324 e. The molecular weight excluding hydrogens is 421 g/mol. The van der Waals surface area contributed by atoms with Crippen molar-refractivity contribution in [2.75, 3.05) is 16.8 Å². The predicted molar refractivity (Wildman–Crippen MR) is 112 cm³/mol. The Labute approximate surface area is 183 Å². The monoisotopic (exact) mass is 439 g/mol. The number of anilines is 2. The quantitative estimate of drug-likeness (QED) is 0.693. The molecule has 158 valence electrons. The molecule has 3 fully saturated rings. The number of hydrogen-bond donors (Lipinski definition) is 1. The summed E-state index contributed by atoms with van der Waals surface area (Å²) in [4.78, 5) is 44.2. The first kappa shape index (κ1) is 19.0. The highest BCUT2D eigenvalue weighted by Crippen LogP contribution is 2.60. The third-order valence-corrected chi connectivity index (χ3v) is 7.84. The molecule has 31 heavy (non-hydrogen) atoms. The molecule has 8 heteroatoms. The highest BCUT2D eigenvalue weighted by Gasteiger charge is 2.74. The summed E-state index contributed by atoms with van der Waals surface area (Å²) in [7, 11) is 0. The van der Waals surface area contributed by atoms with Gasteiger partial charge < -0.3 is 5.32 Å². The summed E-state index contributed by atoms with van der Waals surface area (Å²) in [5, 5.41) is 3.30. The Hall–Kier alpha value is -2.77. The maximum atomic E-state index is 14.3. The Balaban J connectivity index is 1.58. The molecule has 4 atom stereocenters. The predicted octanol–water partition coefficient (Wildman–Crippen LogP) is 3.22. The Morgan fingerprint density at radius 3 is 2.77 bits per heavy atom. The molecule has 4 aliphatic rings. The van der Waals surface area contributed by atoms with Gasteiger partial charge in [-0.1, -0.05) is 17.7 Å². The lowest BCUT2D eigenvalue weighted by molar-refractivity contribution is -0.135. The van der Waals surface area contributed by atoms with E-state index in [9.17, 15) is 18.8 Å². The van der Waals surface area contributed by atoms with E-state index < -0.39 is 29.1 Å². The van der Waals surface area contributed by atoms with E-state index >= 15 is 0 Å². The van der Waals surface area contributed by atoms with Crippen molar-refractivity contribution in [3.8, 4) is 0 Å². The van der Waals surface area contributed by atoms with Crippen molar-refractivity contribution in [3.05, 3.63) is 58.4 Å². The lowest BCUT2D eigenvalue weighted by Crippen LogP contribution is -2.54. The van der Waals surface area contributed by atoms with Crippen LogP contribution in [0.3, 0.4) is 0 Å². The zero-order valence-corrected chi connectivity index (χ0v) is 17.4. The molecule has 4 aliphatic heterocycles. The van der Waals surface area contributed by atoms with Gasteiger partial charge in [0.05, 0.1) is 17.5 Å². The molecule has 2 aromatic rings. The SMILES string of the molecule is Cc1c(Cl)cccc1N1C(=O)[C@@H]2[C@@H]3CCCN3[C@]3(C(=O)Nc4ccc(F)cc43)[C@H]2C1=O. The van der Waals surface area contributed by atoms with Crippen LogP contribution in [0.1, 0.15) is 24.0 Å². The Bertz CT molecular complexity index is 1200. The average Bonchev–Trinajstić information content (AvgIpc) is 3.43. The van der Waals surface area contributed by atoms with Gasteiger partial charge in [-0.05, 0) is 62.2 Å². The number of hydrogen-bond acceptors (Lipinski definition) is 4. The lowest BCUT2D eigenvalue weighted by atomic mass is 9.75. The van der Waals surface area contributed by atoms with Gasteiger partial charge in [0.15, 0.2) is 0 Å². The average molecular weight is 440 g/mol. The zero-order chi connectivity index (χ0) is 21.7. The van der Waals surface area contributed by atoms with E-state index in [0.29, 0.717) is 40.5 Å². The molecule has 3 amide bonds. The van der Waals surface area contributed by atoms with Crippen LogP contribution in [-0.4, -0.2) is 35.2 Å². The van der Waals surface area contributed by atoms with Gasteiger partial charge in [0, 0.05) is 22.3 Å². The molecule has 0 unspecified atom stereocenters. The maximum absolute atomic E-state index is 14.3. The van der Waals surface area contributed by atoms with Crippen molar-refractivity contribution in [3.63, 3.8) is 0 Å². The minimum Gasteiger partial charge on any atom is -0.324 e. The minimum atomic E-state index is -1.38. The molecule has 2 aromatic carbocycles. The van der Waals surface area contributed by atoms with Crippen molar-refractivity contribution in [1.29, 1.82) is 0 Å². The van der Waals surface area contributed by atoms with Crippen LogP contribution in [0.5, 0.6) is 0 Å². The molecule has 0 aromatic heterocycles. The van der Waals surface area contributed by atoms with Gasteiger partial charge >= 0.3 is 0 Å². The number of fused-ring (bicyclic) bond motifs is 7. The standard InChI is InChI=1S/C23H19ClFN3O3/c1-11-14(24)4-2-5-16(11)28-20(29)18-17-6-3-9-27(17)23(19(18)21(28)30)13-10-12(25)7-8-15(13)26-22(23)31/h2,4-5,7-8,10,17-19H,3,6,9H2,1H3,(H,26,31)/t17-,18+,19+,23-/m0/s1. The van der Waals surface area contributed by atoms with Crippen LogP contribution in [-0.2, 0) is 19.9 Å². The van der Waals surface area contributed by atoms with Gasteiger partial charge in [0.2, 0.25) is 17.7 Å². The molecule has 6 rings (SSSR count). The highest BCUT2D eigenvalue weighted by molar-refractivity contribution is 6.32. The van der Waals surface area contributed by atoms with E-state index in [2.05, 4.69) is 5.32 Å². The zero-order valence-electron chi connectivity index (χ0n) is 16.7. The van der Waals surface area contributed by atoms with Crippen molar-refractivity contribution in [2.24, 2.45) is 11.8 Å². The summed E-state index contributed by atoms with van der Waals surface area (Å²) in [5.74, 6) is -3.15. The second kappa shape index (κ2) is 6.14. The van der Waals surface area contributed by atoms with E-state index in [-0.39, 0.29) is 17.9 Å². The fourth-order valence-electron chi connectivity index (χ4n) is 6.25. The number of benzene rings is 2. The van der Waals surface area contributed by atoms with E-state index in [4.69, 9.17) is 11.6 Å². The van der Waals surface area contributed by atoms with Gasteiger partial charge in [0.25, 0.3) is 0 Å². The van der Waals surface area contributed by atoms with E-state index in [1.165, 1.54) is 23.1 Å². The van der Waals surface area contributed by atoms with Crippen LogP contribution in [0.15, 0.2) is 36.4 Å². The van der Waals surface area contributed by atoms with Crippen molar-refractivity contribution in [1.82, 2.24) is 4.90 Å². The first-order chi connectivity index (χ1) is 14.9. The van der Waals surface area contributed by atoms with Crippen molar-refractivity contribution >= 4 is 40.7 Å². The third kappa shape index (κ3) is 2.13. The number of nitrogens with zero attached hydrogens (tertiary/aromatic N) is 2. The second-order valence-electron chi connectivity index (χ2n) is 8.71. The molecule has 0 saturated carbocycles. The Morgan fingerprint density at radius 2 is 1.97 bits per heavy atom. The highest BCUT2D eigenvalue weighted by atomic mass is 35.5. The van der Waals surface area contributed by atoms with Crippen LogP contribution in [0.25, 0.3) is 0 Å². The fraction of sp³-hybridized carbons (Fsp3) is 0.348. The summed E-state index contributed by atoms with van der Waals surface area (Å²) in [5.41, 5.74) is 0.634. The van der Waals surface area contributed by atoms with Crippen LogP contribution in [0, 0.1) is 24.6 Å². The van der Waals surface area contributed by atoms with Crippen LogP contribution in [0.2, 0.25) is 5.02 Å². The number of rotatable bonds is 1. The van der Waals surface area contributed by atoms with Crippen molar-refractivity contribution in [2.45, 2.75) is 31.3 Å². The summed E-state index contributed by atoms with van der Waals surface area (Å²) in [6, 6.07) is 8.99. The van der Waals surface area contributed by atoms with Gasteiger partial charge in [-0.2, -0.15) is 0 Å². The van der Waals surface area contributed by atoms with E-state index in [1.807, 2.05) is 4.90 Å². The number of carbonyl (C=O) groups is 3. The second-order valence-corrected chi connectivity index (χ2v) is 9.12. The number of nitrogens with one attached hydrogen (secondary N) is 1. The molecule has 0 aliphatic carbocycles. The van der Waals surface area contributed by atoms with E-state index in [1.54, 1.807) is 25.1 Å². The normalized spacial score (nSPS) is 31.4. The topological polar surface area (TPSA) is 69.7 Å². The maximum Gasteiger partial charge on any atom is 0.250 e. The molecule has 1 spiro atoms. The molecule has 6 nitrogen and oxygen atoms in total. The molecule has 0 bridgehead atoms. The number of halogens is 2. The lowest BCUT2D eigenvalue weighted by Gasteiger charge is -2.36. The number of carbonyl (C=O) groups excluding carboxylic acids is 3. The third-order valence-electron chi connectivity index (χ3n) is 7.43. The van der Waals surface area contributed by atoms with Gasteiger partial charge in [-0.3, -0.25) is 19.3 Å². The van der Waals surface area contributed by atoms with Gasteiger partial charge in [0.1, 0.15) is 11.4 Å². The molecule has 1 N–H and O–H groups in total. The van der Waals surface area contributed by atoms with Crippen LogP contribution < -0.4 is 10.2 Å². The summed E-state index contributed by atoms with van der Waals surface area (Å²) in [6.07, 6.45) is 1.52. The smallest absolute Gasteiger partial charge is 0.250 e. The van der Waals surface area contributed by atoms with E-state index in [0.717, 1.165) is 6.42 Å². The first-order valence-electron chi connectivity index (χ1n) is 10.4. The summed E-state index contributed by atoms with van der Waals surface area (Å²) < 4.78 is 14.3. The van der Waals surface area contributed by atoms with Gasteiger partial charge in [-0.25, -0.2) is 9.29 Å². The molecule has 0 radical (unpaired) electrons. The van der Waals surface area contributed by atoms with Crippen LogP contribution in [0.4, 0.5) is 15.8 Å². The number of amides is 3. The summed E-state index contributed by atoms with van der Waals surface area (Å²) >= 11 is 6.26. The fourth-order valence-corrected chi connectivity index (χ4v) is 6.42.